The lowest BCUT2D eigenvalue weighted by Crippen LogP contribution is -2.24. The topological polar surface area (TPSA) is 55.1 Å². The number of hydrogen-bond acceptors (Lipinski definition) is 3. The van der Waals surface area contributed by atoms with Gasteiger partial charge in [-0.1, -0.05) is 23.7 Å². The van der Waals surface area contributed by atoms with E-state index in [1.165, 1.54) is 23.9 Å². The van der Waals surface area contributed by atoms with Gasteiger partial charge in [0.2, 0.25) is 5.91 Å². The Kier molecular flexibility index (Phi) is 5.47. The van der Waals surface area contributed by atoms with E-state index in [1.54, 1.807) is 18.2 Å². The monoisotopic (exact) mass is 324 g/mol. The summed E-state index contributed by atoms with van der Waals surface area (Å²) in [6.45, 7) is 0.440. The van der Waals surface area contributed by atoms with Crippen molar-refractivity contribution in [3.05, 3.63) is 58.9 Å². The number of nitrogens with one attached hydrogen (secondary N) is 1. The Morgan fingerprint density at radius 3 is 2.62 bits per heavy atom. The molecule has 110 valence electrons. The van der Waals surface area contributed by atoms with Crippen LogP contribution in [-0.2, 0) is 11.3 Å². The Labute approximate surface area is 131 Å². The molecule has 0 aliphatic heterocycles. The number of carbonyl (C=O) groups excluding carboxylic acids is 1. The van der Waals surface area contributed by atoms with Gasteiger partial charge in [0.25, 0.3) is 0 Å². The summed E-state index contributed by atoms with van der Waals surface area (Å²) >= 11 is 7.07. The zero-order valence-corrected chi connectivity index (χ0v) is 12.7. The van der Waals surface area contributed by atoms with E-state index in [1.807, 2.05) is 12.1 Å². The van der Waals surface area contributed by atoms with Crippen LogP contribution in [0.25, 0.3) is 0 Å². The van der Waals surface area contributed by atoms with E-state index in [0.717, 1.165) is 5.56 Å². The largest absolute Gasteiger partial charge is 0.398 e. The summed E-state index contributed by atoms with van der Waals surface area (Å²) < 4.78 is 12.9. The van der Waals surface area contributed by atoms with E-state index in [2.05, 4.69) is 5.32 Å². The lowest BCUT2D eigenvalue weighted by Gasteiger charge is -2.07. The van der Waals surface area contributed by atoms with Crippen LogP contribution >= 0.6 is 23.4 Å². The lowest BCUT2D eigenvalue weighted by molar-refractivity contribution is -0.118. The average Bonchev–Trinajstić information content (AvgIpc) is 2.46. The molecule has 0 saturated heterocycles. The Bertz CT molecular complexity index is 634. The molecule has 0 heterocycles. The fraction of sp³-hybridized carbons (Fsp3) is 0.133. The van der Waals surface area contributed by atoms with Crippen LogP contribution in [0.4, 0.5) is 10.1 Å². The van der Waals surface area contributed by atoms with Gasteiger partial charge in [-0.2, -0.15) is 0 Å². The summed E-state index contributed by atoms with van der Waals surface area (Å²) in [5.41, 5.74) is 6.99. The Morgan fingerprint density at radius 2 is 1.95 bits per heavy atom. The number of rotatable bonds is 5. The fourth-order valence-electron chi connectivity index (χ4n) is 1.65. The molecule has 0 fully saturated rings. The minimum absolute atomic E-state index is 0.112. The zero-order valence-electron chi connectivity index (χ0n) is 11.1. The minimum Gasteiger partial charge on any atom is -0.398 e. The number of thioether (sulfide) groups is 1. The van der Waals surface area contributed by atoms with Crippen molar-refractivity contribution < 1.29 is 9.18 Å². The molecule has 2 rings (SSSR count). The number of hydrogen-bond donors (Lipinski definition) is 2. The minimum atomic E-state index is -0.385. The lowest BCUT2D eigenvalue weighted by atomic mass is 10.2. The van der Waals surface area contributed by atoms with Crippen molar-refractivity contribution in [3.63, 3.8) is 0 Å². The third-order valence-electron chi connectivity index (χ3n) is 2.73. The van der Waals surface area contributed by atoms with Crippen LogP contribution < -0.4 is 11.1 Å². The zero-order chi connectivity index (χ0) is 15.2. The number of nitrogens with two attached hydrogens (primary N) is 1. The molecule has 2 aromatic rings. The third-order valence-corrected chi connectivity index (χ3v) is 4.07. The normalized spacial score (nSPS) is 10.4. The van der Waals surface area contributed by atoms with Crippen molar-refractivity contribution in [2.45, 2.75) is 11.4 Å². The second kappa shape index (κ2) is 7.33. The summed E-state index contributed by atoms with van der Waals surface area (Å²) in [6.07, 6.45) is 0. The van der Waals surface area contributed by atoms with Gasteiger partial charge in [-0.3, -0.25) is 4.79 Å². The highest BCUT2D eigenvalue weighted by Gasteiger charge is 2.06. The number of nitrogen functional groups attached to an aromatic ring is 1. The van der Waals surface area contributed by atoms with E-state index < -0.39 is 0 Å². The first-order valence-corrected chi connectivity index (χ1v) is 7.60. The second-order valence-electron chi connectivity index (χ2n) is 4.37. The molecule has 1 amide bonds. The highest BCUT2D eigenvalue weighted by Crippen LogP contribution is 2.25. The van der Waals surface area contributed by atoms with Crippen LogP contribution in [0.3, 0.4) is 0 Å². The number of benzene rings is 2. The summed E-state index contributed by atoms with van der Waals surface area (Å²) in [6, 6.07) is 11.4. The van der Waals surface area contributed by atoms with Gasteiger partial charge in [0.05, 0.1) is 5.75 Å². The molecule has 0 unspecified atom stereocenters. The van der Waals surface area contributed by atoms with E-state index in [0.29, 0.717) is 22.2 Å². The first kappa shape index (κ1) is 15.7. The molecule has 0 atom stereocenters. The number of carbonyl (C=O) groups is 1. The van der Waals surface area contributed by atoms with Gasteiger partial charge in [-0.15, -0.1) is 11.8 Å². The summed E-state index contributed by atoms with van der Waals surface area (Å²) in [7, 11) is 0. The van der Waals surface area contributed by atoms with Crippen LogP contribution in [0.1, 0.15) is 5.56 Å². The fourth-order valence-corrected chi connectivity index (χ4v) is 2.55. The van der Waals surface area contributed by atoms with Gasteiger partial charge in [0.15, 0.2) is 0 Å². The molecule has 0 spiro atoms. The molecule has 3 nitrogen and oxygen atoms in total. The van der Waals surface area contributed by atoms with Gasteiger partial charge in [-0.25, -0.2) is 4.39 Å². The molecule has 0 bridgehead atoms. The highest BCUT2D eigenvalue weighted by atomic mass is 35.5. The van der Waals surface area contributed by atoms with Gasteiger partial charge < -0.3 is 11.1 Å². The van der Waals surface area contributed by atoms with Crippen molar-refractivity contribution in [1.29, 1.82) is 0 Å². The van der Waals surface area contributed by atoms with Crippen LogP contribution in [0.5, 0.6) is 0 Å². The molecule has 3 N–H and O–H groups in total. The van der Waals surface area contributed by atoms with Crippen molar-refractivity contribution in [3.8, 4) is 0 Å². The van der Waals surface area contributed by atoms with Gasteiger partial charge in [0.1, 0.15) is 5.82 Å². The molecule has 6 heteroatoms. The van der Waals surface area contributed by atoms with Gasteiger partial charge in [-0.05, 0) is 35.9 Å². The maximum Gasteiger partial charge on any atom is 0.230 e. The molecular formula is C15H14ClFN2OS. The predicted molar refractivity (Wildman–Crippen MR) is 84.8 cm³/mol. The maximum atomic E-state index is 12.9. The van der Waals surface area contributed by atoms with E-state index >= 15 is 0 Å². The van der Waals surface area contributed by atoms with Crippen molar-refractivity contribution >= 4 is 35.0 Å². The van der Waals surface area contributed by atoms with Crippen molar-refractivity contribution in [2.75, 3.05) is 11.5 Å². The molecule has 2 aromatic carbocycles. The first-order chi connectivity index (χ1) is 10.0. The quantitative estimate of drug-likeness (QED) is 0.654. The summed E-state index contributed by atoms with van der Waals surface area (Å²) in [5.74, 6) is -0.272. The van der Waals surface area contributed by atoms with Crippen LogP contribution in [0.15, 0.2) is 47.4 Å². The van der Waals surface area contributed by atoms with Crippen LogP contribution in [0, 0.1) is 5.82 Å². The van der Waals surface area contributed by atoms with Gasteiger partial charge in [0, 0.05) is 22.2 Å². The molecule has 0 aliphatic carbocycles. The Morgan fingerprint density at radius 1 is 1.24 bits per heavy atom. The number of halogens is 2. The molecular weight excluding hydrogens is 311 g/mol. The molecule has 0 saturated carbocycles. The van der Waals surface area contributed by atoms with Crippen molar-refractivity contribution in [1.82, 2.24) is 5.32 Å². The smallest absolute Gasteiger partial charge is 0.230 e. The molecule has 0 aromatic heterocycles. The average molecular weight is 325 g/mol. The highest BCUT2D eigenvalue weighted by molar-refractivity contribution is 8.00. The first-order valence-electron chi connectivity index (χ1n) is 6.23. The van der Waals surface area contributed by atoms with Crippen molar-refractivity contribution in [2.24, 2.45) is 0 Å². The Hall–Kier alpha value is -1.72. The number of anilines is 1. The number of amides is 1. The summed E-state index contributed by atoms with van der Waals surface area (Å²) in [4.78, 5) is 12.5. The van der Waals surface area contributed by atoms with Crippen LogP contribution in [-0.4, -0.2) is 11.7 Å². The third kappa shape index (κ3) is 4.95. The molecule has 0 aliphatic rings. The van der Waals surface area contributed by atoms with Gasteiger partial charge >= 0.3 is 0 Å². The second-order valence-corrected chi connectivity index (χ2v) is 5.83. The molecule has 0 radical (unpaired) electrons. The Balaban J connectivity index is 1.80. The SMILES string of the molecule is Nc1cc(F)ccc1SCC(=O)NCc1ccc(Cl)cc1. The van der Waals surface area contributed by atoms with E-state index in [4.69, 9.17) is 17.3 Å². The van der Waals surface area contributed by atoms with Crippen LogP contribution in [0.2, 0.25) is 5.02 Å². The maximum absolute atomic E-state index is 12.9. The predicted octanol–water partition coefficient (Wildman–Crippen LogP) is 3.47. The van der Waals surface area contributed by atoms with E-state index in [9.17, 15) is 9.18 Å². The van der Waals surface area contributed by atoms with E-state index in [-0.39, 0.29) is 17.5 Å². The summed E-state index contributed by atoms with van der Waals surface area (Å²) in [5, 5.41) is 3.46. The molecule has 21 heavy (non-hydrogen) atoms. The standard InChI is InChI=1S/C15H14ClFN2OS/c16-11-3-1-10(2-4-11)8-19-15(20)9-21-14-6-5-12(17)7-13(14)18/h1-7H,8-9,18H2,(H,19,20).